The molecule has 3 aromatic rings. The van der Waals surface area contributed by atoms with Gasteiger partial charge in [-0.15, -0.1) is 5.10 Å². The van der Waals surface area contributed by atoms with Crippen molar-refractivity contribution in [1.82, 2.24) is 20.1 Å². The number of alkyl halides is 2. The van der Waals surface area contributed by atoms with Crippen molar-refractivity contribution in [1.29, 1.82) is 0 Å². The zero-order valence-corrected chi connectivity index (χ0v) is 13.8. The van der Waals surface area contributed by atoms with Crippen LogP contribution in [-0.2, 0) is 6.54 Å². The summed E-state index contributed by atoms with van der Waals surface area (Å²) in [7, 11) is 0. The summed E-state index contributed by atoms with van der Waals surface area (Å²) in [5.41, 5.74) is 2.64. The van der Waals surface area contributed by atoms with Gasteiger partial charge < -0.3 is 10.1 Å². The van der Waals surface area contributed by atoms with Gasteiger partial charge >= 0.3 is 6.61 Å². The zero-order chi connectivity index (χ0) is 18.0. The number of halogens is 3. The first-order valence-corrected chi connectivity index (χ1v) is 7.65. The lowest BCUT2D eigenvalue weighted by Gasteiger charge is -2.09. The van der Waals surface area contributed by atoms with Gasteiger partial charge in [-0.25, -0.2) is 4.52 Å². The zero-order valence-electron chi connectivity index (χ0n) is 13.0. The van der Waals surface area contributed by atoms with Gasteiger partial charge in [-0.2, -0.15) is 8.78 Å². The molecule has 130 valence electrons. The number of hydrogen-bond donors (Lipinski definition) is 1. The van der Waals surface area contributed by atoms with E-state index >= 15 is 0 Å². The number of carbonyl (C=O) groups excluding carboxylic acids is 1. The third-order valence-electron chi connectivity index (χ3n) is 3.54. The molecular formula is C16H13ClF2N4O2. The fraction of sp³-hybridized carbons (Fsp3) is 0.188. The van der Waals surface area contributed by atoms with E-state index in [0.29, 0.717) is 5.69 Å². The van der Waals surface area contributed by atoms with Crippen LogP contribution >= 0.6 is 11.6 Å². The maximum atomic E-state index is 12.2. The molecule has 1 amide bonds. The van der Waals surface area contributed by atoms with E-state index in [9.17, 15) is 13.6 Å². The van der Waals surface area contributed by atoms with E-state index in [4.69, 9.17) is 11.6 Å². The summed E-state index contributed by atoms with van der Waals surface area (Å²) in [5, 5.41) is 10.7. The SMILES string of the molecule is Cc1cccn2nnc(CNC(=O)c3ccc(OC(F)F)c(Cl)c3)c12. The van der Waals surface area contributed by atoms with Crippen molar-refractivity contribution in [3.8, 4) is 5.75 Å². The van der Waals surface area contributed by atoms with Crippen molar-refractivity contribution < 1.29 is 18.3 Å². The molecule has 0 unspecified atom stereocenters. The lowest BCUT2D eigenvalue weighted by molar-refractivity contribution is -0.0497. The highest BCUT2D eigenvalue weighted by Gasteiger charge is 2.14. The molecule has 25 heavy (non-hydrogen) atoms. The second-order valence-corrected chi connectivity index (χ2v) is 5.63. The number of nitrogens with zero attached hydrogens (tertiary/aromatic N) is 3. The van der Waals surface area contributed by atoms with E-state index in [0.717, 1.165) is 11.1 Å². The predicted octanol–water partition coefficient (Wildman–Crippen LogP) is 3.22. The smallest absolute Gasteiger partial charge is 0.387 e. The van der Waals surface area contributed by atoms with Crippen LogP contribution in [0.15, 0.2) is 36.5 Å². The minimum atomic E-state index is -2.98. The highest BCUT2D eigenvalue weighted by Crippen LogP contribution is 2.27. The molecule has 6 nitrogen and oxygen atoms in total. The van der Waals surface area contributed by atoms with Gasteiger partial charge in [0.15, 0.2) is 0 Å². The van der Waals surface area contributed by atoms with Gasteiger partial charge in [0, 0.05) is 11.8 Å². The maximum absolute atomic E-state index is 12.2. The van der Waals surface area contributed by atoms with Crippen molar-refractivity contribution in [3.05, 3.63) is 58.4 Å². The average Bonchev–Trinajstić information content (AvgIpc) is 2.98. The Morgan fingerprint density at radius 3 is 2.92 bits per heavy atom. The van der Waals surface area contributed by atoms with Crippen LogP contribution in [0.25, 0.3) is 5.52 Å². The quantitative estimate of drug-likeness (QED) is 0.752. The van der Waals surface area contributed by atoms with Crippen molar-refractivity contribution in [2.45, 2.75) is 20.1 Å². The molecule has 2 aromatic heterocycles. The molecule has 0 spiro atoms. The van der Waals surface area contributed by atoms with Crippen molar-refractivity contribution >= 4 is 23.0 Å². The number of ether oxygens (including phenoxy) is 1. The Bertz CT molecular complexity index is 930. The molecule has 0 atom stereocenters. The van der Waals surface area contributed by atoms with Crippen LogP contribution in [0.1, 0.15) is 21.6 Å². The van der Waals surface area contributed by atoms with Gasteiger partial charge in [0.05, 0.1) is 17.1 Å². The van der Waals surface area contributed by atoms with E-state index < -0.39 is 12.5 Å². The number of aromatic nitrogens is 3. The van der Waals surface area contributed by atoms with Crippen LogP contribution in [0.5, 0.6) is 5.75 Å². The third kappa shape index (κ3) is 3.69. The third-order valence-corrected chi connectivity index (χ3v) is 3.83. The van der Waals surface area contributed by atoms with E-state index in [-0.39, 0.29) is 22.9 Å². The summed E-state index contributed by atoms with van der Waals surface area (Å²) < 4.78 is 30.3. The largest absolute Gasteiger partial charge is 0.433 e. The molecule has 1 aromatic carbocycles. The molecule has 0 aliphatic carbocycles. The van der Waals surface area contributed by atoms with Gasteiger partial charge in [-0.05, 0) is 36.8 Å². The van der Waals surface area contributed by atoms with Crippen LogP contribution in [0.2, 0.25) is 5.02 Å². The van der Waals surface area contributed by atoms with Crippen LogP contribution in [0, 0.1) is 6.92 Å². The van der Waals surface area contributed by atoms with Gasteiger partial charge in [0.2, 0.25) is 0 Å². The number of benzene rings is 1. The Hall–Kier alpha value is -2.74. The molecule has 0 aliphatic heterocycles. The highest BCUT2D eigenvalue weighted by molar-refractivity contribution is 6.32. The van der Waals surface area contributed by atoms with Crippen molar-refractivity contribution in [2.24, 2.45) is 0 Å². The van der Waals surface area contributed by atoms with E-state index in [1.54, 1.807) is 10.7 Å². The number of fused-ring (bicyclic) bond motifs is 1. The molecule has 0 radical (unpaired) electrons. The number of carbonyl (C=O) groups is 1. The van der Waals surface area contributed by atoms with Gasteiger partial charge in [-0.1, -0.05) is 22.9 Å². The van der Waals surface area contributed by atoms with Crippen LogP contribution < -0.4 is 10.1 Å². The number of aryl methyl sites for hydroxylation is 1. The molecule has 3 rings (SSSR count). The molecule has 1 N–H and O–H groups in total. The van der Waals surface area contributed by atoms with Crippen LogP contribution in [0.3, 0.4) is 0 Å². The lowest BCUT2D eigenvalue weighted by atomic mass is 10.2. The summed E-state index contributed by atoms with van der Waals surface area (Å²) in [6, 6.07) is 7.62. The van der Waals surface area contributed by atoms with E-state index in [1.807, 2.05) is 19.1 Å². The van der Waals surface area contributed by atoms with Crippen molar-refractivity contribution in [2.75, 3.05) is 0 Å². The molecule has 9 heteroatoms. The van der Waals surface area contributed by atoms with E-state index in [1.165, 1.54) is 18.2 Å². The molecule has 2 heterocycles. The van der Waals surface area contributed by atoms with Gasteiger partial charge in [0.25, 0.3) is 5.91 Å². The van der Waals surface area contributed by atoms with Crippen molar-refractivity contribution in [3.63, 3.8) is 0 Å². The number of hydrogen-bond acceptors (Lipinski definition) is 4. The van der Waals surface area contributed by atoms with Crippen LogP contribution in [0.4, 0.5) is 8.78 Å². The van der Waals surface area contributed by atoms with Crippen LogP contribution in [-0.4, -0.2) is 27.3 Å². The topological polar surface area (TPSA) is 68.5 Å². The molecule has 0 saturated heterocycles. The maximum Gasteiger partial charge on any atom is 0.387 e. The first-order chi connectivity index (χ1) is 12.0. The number of rotatable bonds is 5. The first-order valence-electron chi connectivity index (χ1n) is 7.28. The number of pyridine rings is 1. The van der Waals surface area contributed by atoms with Gasteiger partial charge in [0.1, 0.15) is 11.4 Å². The second kappa shape index (κ2) is 7.02. The summed E-state index contributed by atoms with van der Waals surface area (Å²) in [5.74, 6) is -0.603. The first kappa shape index (κ1) is 17.1. The predicted molar refractivity (Wildman–Crippen MR) is 87.0 cm³/mol. The highest BCUT2D eigenvalue weighted by atomic mass is 35.5. The fourth-order valence-electron chi connectivity index (χ4n) is 2.41. The Morgan fingerprint density at radius 2 is 2.20 bits per heavy atom. The normalized spacial score (nSPS) is 11.1. The monoisotopic (exact) mass is 366 g/mol. The molecular weight excluding hydrogens is 354 g/mol. The molecule has 0 saturated carbocycles. The van der Waals surface area contributed by atoms with E-state index in [2.05, 4.69) is 20.4 Å². The number of nitrogens with one attached hydrogen (secondary N) is 1. The lowest BCUT2D eigenvalue weighted by Crippen LogP contribution is -2.23. The standard InChI is InChI=1S/C16H13ClF2N4O2/c1-9-3-2-6-23-14(9)12(21-22-23)8-20-15(24)10-4-5-13(11(17)7-10)25-16(18)19/h2-7,16H,8H2,1H3,(H,20,24). The average molecular weight is 367 g/mol. The fourth-order valence-corrected chi connectivity index (χ4v) is 2.63. The summed E-state index contributed by atoms with van der Waals surface area (Å²) in [6.07, 6.45) is 1.77. The Morgan fingerprint density at radius 1 is 1.40 bits per heavy atom. The second-order valence-electron chi connectivity index (χ2n) is 5.23. The Balaban J connectivity index is 1.73. The number of amides is 1. The minimum Gasteiger partial charge on any atom is -0.433 e. The minimum absolute atomic E-state index is 0.0714. The molecule has 0 bridgehead atoms. The van der Waals surface area contributed by atoms with Gasteiger partial charge in [-0.3, -0.25) is 4.79 Å². The summed E-state index contributed by atoms with van der Waals surface area (Å²) in [4.78, 5) is 12.2. The Labute approximate surface area is 146 Å². The summed E-state index contributed by atoms with van der Waals surface area (Å²) >= 11 is 5.85. The summed E-state index contributed by atoms with van der Waals surface area (Å²) in [6.45, 7) is -0.895. The Kier molecular flexibility index (Phi) is 4.80. The molecule has 0 aliphatic rings. The molecule has 0 fully saturated rings.